The van der Waals surface area contributed by atoms with E-state index >= 15 is 0 Å². The first-order valence-corrected chi connectivity index (χ1v) is 20.1. The van der Waals surface area contributed by atoms with Crippen LogP contribution in [0.4, 0.5) is 4.79 Å². The van der Waals surface area contributed by atoms with Crippen molar-refractivity contribution in [1.82, 2.24) is 26.2 Å². The summed E-state index contributed by atoms with van der Waals surface area (Å²) < 4.78 is 10.9. The topological polar surface area (TPSA) is 189 Å². The van der Waals surface area contributed by atoms with Gasteiger partial charge in [-0.15, -0.1) is 0 Å². The summed E-state index contributed by atoms with van der Waals surface area (Å²) in [5.74, 6) is -3.84. The average molecular weight is 780 g/mol. The fraction of sp³-hybridized carbons (Fsp3) is 0.690. The van der Waals surface area contributed by atoms with Crippen molar-refractivity contribution in [3.05, 3.63) is 35.9 Å². The van der Waals surface area contributed by atoms with Crippen LogP contribution in [0.25, 0.3) is 0 Å². The molecule has 1 aromatic rings. The molecule has 6 atom stereocenters. The molecule has 1 heterocycles. The van der Waals surface area contributed by atoms with Gasteiger partial charge in [0, 0.05) is 13.1 Å². The van der Waals surface area contributed by atoms with E-state index in [1.807, 2.05) is 65.0 Å². The zero-order chi connectivity index (χ0) is 41.2. The van der Waals surface area contributed by atoms with E-state index in [0.717, 1.165) is 37.7 Å². The Morgan fingerprint density at radius 2 is 1.55 bits per heavy atom. The number of carbonyl (C=O) groups excluding carboxylic acids is 7. The van der Waals surface area contributed by atoms with Gasteiger partial charge in [0.05, 0.1) is 12.5 Å². The predicted octanol–water partition coefficient (Wildman–Crippen LogP) is 3.80. The van der Waals surface area contributed by atoms with Crippen LogP contribution in [-0.2, 0) is 44.8 Å². The quantitative estimate of drug-likeness (QED) is 0.143. The van der Waals surface area contributed by atoms with Gasteiger partial charge in [-0.05, 0) is 80.1 Å². The van der Waals surface area contributed by atoms with Gasteiger partial charge in [0.25, 0.3) is 5.91 Å². The molecule has 4 N–H and O–H groups in total. The summed E-state index contributed by atoms with van der Waals surface area (Å²) >= 11 is 0. The molecule has 4 fully saturated rings. The SMILES string of the molecule is CC(C)(C)OC(=O)CCNC(=O)C(=O)[C@H](CC1CC1)NC(=O)[C@@H]1[C@@H]2[C@H](CN1C(=O)[C@@H](NC(=O)N[C@H](C(=O)OCc1ccccc1)C1CCC1)C(C)(C)C)C2(C)C. The second-order valence-electron chi connectivity index (χ2n) is 18.8. The largest absolute Gasteiger partial charge is 0.460 e. The predicted molar refractivity (Wildman–Crippen MR) is 206 cm³/mol. The number of nitrogens with one attached hydrogen (secondary N) is 4. The number of benzene rings is 1. The Hall–Kier alpha value is -4.49. The van der Waals surface area contributed by atoms with Crippen LogP contribution in [0.3, 0.4) is 0 Å². The van der Waals surface area contributed by atoms with Crippen molar-refractivity contribution in [2.45, 2.75) is 137 Å². The van der Waals surface area contributed by atoms with Gasteiger partial charge >= 0.3 is 18.0 Å². The zero-order valence-electron chi connectivity index (χ0n) is 34.2. The lowest BCUT2D eigenvalue weighted by atomic mass is 9.79. The maximum atomic E-state index is 14.5. The van der Waals surface area contributed by atoms with E-state index in [2.05, 4.69) is 21.3 Å². The molecular weight excluding hydrogens is 718 g/mol. The van der Waals surface area contributed by atoms with E-state index < -0.39 is 76.7 Å². The van der Waals surface area contributed by atoms with Crippen molar-refractivity contribution in [1.29, 1.82) is 0 Å². The number of hydrogen-bond acceptors (Lipinski definition) is 9. The molecule has 0 unspecified atom stereocenters. The van der Waals surface area contributed by atoms with Gasteiger partial charge in [0.15, 0.2) is 0 Å². The third-order valence-electron chi connectivity index (χ3n) is 11.7. The average Bonchev–Trinajstić information content (AvgIpc) is 3.94. The van der Waals surface area contributed by atoms with Gasteiger partial charge in [-0.25, -0.2) is 9.59 Å². The number of esters is 2. The highest BCUT2D eigenvalue weighted by molar-refractivity contribution is 6.38. The van der Waals surface area contributed by atoms with Crippen molar-refractivity contribution in [3.63, 3.8) is 0 Å². The third-order valence-corrected chi connectivity index (χ3v) is 11.7. The monoisotopic (exact) mass is 779 g/mol. The number of likely N-dealkylation sites (tertiary alicyclic amines) is 1. The maximum absolute atomic E-state index is 14.5. The molecular formula is C42H61N5O9. The van der Waals surface area contributed by atoms with Crippen LogP contribution in [0, 0.1) is 34.5 Å². The molecule has 3 aliphatic carbocycles. The maximum Gasteiger partial charge on any atom is 0.329 e. The van der Waals surface area contributed by atoms with Crippen molar-refractivity contribution in [3.8, 4) is 0 Å². The van der Waals surface area contributed by atoms with Crippen molar-refractivity contribution < 1.29 is 43.0 Å². The molecule has 1 aromatic carbocycles. The number of ether oxygens (including phenoxy) is 2. The van der Waals surface area contributed by atoms with E-state index in [1.54, 1.807) is 20.8 Å². The van der Waals surface area contributed by atoms with Crippen LogP contribution in [0.5, 0.6) is 0 Å². The molecule has 308 valence electrons. The highest BCUT2D eigenvalue weighted by Gasteiger charge is 2.70. The first-order chi connectivity index (χ1) is 26.2. The summed E-state index contributed by atoms with van der Waals surface area (Å²) in [6.45, 7) is 15.0. The van der Waals surface area contributed by atoms with Gasteiger partial charge in [0.2, 0.25) is 17.6 Å². The molecule has 4 aliphatic rings. The number of fused-ring (bicyclic) bond motifs is 1. The molecule has 14 heteroatoms. The molecule has 3 saturated carbocycles. The number of urea groups is 1. The Morgan fingerprint density at radius 1 is 0.893 bits per heavy atom. The van der Waals surface area contributed by atoms with Crippen LogP contribution in [0.1, 0.15) is 106 Å². The number of nitrogens with zero attached hydrogens (tertiary/aromatic N) is 1. The Balaban J connectivity index is 1.26. The standard InChI is InChI=1S/C42H61N5O9/c1-40(2,3)34(46-39(54)45-31(26-15-12-16-26)38(53)55-23-25-13-10-9-11-14-25)37(52)47-22-27-30(42(27,7)8)32(47)35(50)44-28(21-24-17-18-24)33(49)36(51)43-20-19-29(48)56-41(4,5)6/h9-11,13-14,24,26-28,30-32,34H,12,15-23H2,1-8H3,(H,43,51)(H,44,50)(H2,45,46,54)/t27-,28-,30-,31-,32-,34+/m0/s1. The molecule has 1 saturated heterocycles. The molecule has 0 spiro atoms. The fourth-order valence-electron chi connectivity index (χ4n) is 7.99. The van der Waals surface area contributed by atoms with Crippen molar-refractivity contribution in [2.75, 3.05) is 13.1 Å². The van der Waals surface area contributed by atoms with Gasteiger partial charge < -0.3 is 35.6 Å². The molecule has 56 heavy (non-hydrogen) atoms. The molecule has 0 bridgehead atoms. The normalized spacial score (nSPS) is 22.9. The highest BCUT2D eigenvalue weighted by atomic mass is 16.6. The number of Topliss-reactive ketones (excluding diaryl/α,β-unsaturated/α-hetero) is 1. The number of carbonyl (C=O) groups is 7. The lowest BCUT2D eigenvalue weighted by molar-refractivity contribution is -0.155. The molecule has 0 aromatic heterocycles. The summed E-state index contributed by atoms with van der Waals surface area (Å²) in [5.41, 5.74) is -0.901. The number of amides is 5. The third kappa shape index (κ3) is 10.7. The van der Waals surface area contributed by atoms with Crippen molar-refractivity contribution in [2.24, 2.45) is 34.5 Å². The lowest BCUT2D eigenvalue weighted by Crippen LogP contribution is -2.62. The summed E-state index contributed by atoms with van der Waals surface area (Å²) in [6.07, 6.45) is 4.36. The molecule has 5 amide bonds. The minimum absolute atomic E-state index is 0.0211. The Bertz CT molecular complexity index is 1660. The Kier molecular flexibility index (Phi) is 12.9. The number of rotatable bonds is 16. The van der Waals surface area contributed by atoms with Gasteiger partial charge in [-0.3, -0.25) is 24.0 Å². The van der Waals surface area contributed by atoms with Gasteiger partial charge in [0.1, 0.15) is 30.3 Å². The zero-order valence-corrected chi connectivity index (χ0v) is 34.2. The second-order valence-corrected chi connectivity index (χ2v) is 18.8. The van der Waals surface area contributed by atoms with Crippen molar-refractivity contribution >= 4 is 41.5 Å². The Labute approximate surface area is 330 Å². The molecule has 1 aliphatic heterocycles. The van der Waals surface area contributed by atoms with Crippen LogP contribution in [-0.4, -0.2) is 89.2 Å². The van der Waals surface area contributed by atoms with Crippen LogP contribution in [0.2, 0.25) is 0 Å². The minimum atomic E-state index is -1.11. The molecule has 14 nitrogen and oxygen atoms in total. The van der Waals surface area contributed by atoms with E-state index in [4.69, 9.17) is 9.47 Å². The summed E-state index contributed by atoms with van der Waals surface area (Å²) in [4.78, 5) is 95.7. The highest BCUT2D eigenvalue weighted by Crippen LogP contribution is 2.65. The number of piperidine rings is 1. The fourth-order valence-corrected chi connectivity index (χ4v) is 7.99. The van der Waals surface area contributed by atoms with Gasteiger partial charge in [-0.1, -0.05) is 84.2 Å². The number of hydrogen-bond donors (Lipinski definition) is 4. The van der Waals surface area contributed by atoms with E-state index in [9.17, 15) is 33.6 Å². The second kappa shape index (κ2) is 16.9. The summed E-state index contributed by atoms with van der Waals surface area (Å²) in [7, 11) is 0. The minimum Gasteiger partial charge on any atom is -0.460 e. The van der Waals surface area contributed by atoms with Crippen LogP contribution in [0.15, 0.2) is 30.3 Å². The number of ketones is 1. The summed E-state index contributed by atoms with van der Waals surface area (Å²) in [6, 6.07) is 4.58. The van der Waals surface area contributed by atoms with Crippen LogP contribution < -0.4 is 21.3 Å². The Morgan fingerprint density at radius 3 is 2.12 bits per heavy atom. The summed E-state index contributed by atoms with van der Waals surface area (Å²) in [5, 5.41) is 11.0. The lowest BCUT2D eigenvalue weighted by Gasteiger charge is -2.38. The van der Waals surface area contributed by atoms with Crippen LogP contribution >= 0.6 is 0 Å². The first-order valence-electron chi connectivity index (χ1n) is 20.1. The van der Waals surface area contributed by atoms with E-state index in [1.165, 1.54) is 4.90 Å². The first kappa shape index (κ1) is 42.6. The van der Waals surface area contributed by atoms with E-state index in [0.29, 0.717) is 0 Å². The molecule has 5 rings (SSSR count). The smallest absolute Gasteiger partial charge is 0.329 e. The van der Waals surface area contributed by atoms with E-state index in [-0.39, 0.29) is 61.6 Å². The van der Waals surface area contributed by atoms with Gasteiger partial charge in [-0.2, -0.15) is 0 Å². The molecule has 0 radical (unpaired) electrons.